The number of rotatable bonds is 5. The van der Waals surface area contributed by atoms with Gasteiger partial charge in [0, 0.05) is 32.3 Å². The van der Waals surface area contributed by atoms with Crippen LogP contribution >= 0.6 is 0 Å². The number of nitrogens with zero attached hydrogens (tertiary/aromatic N) is 5. The molecule has 27 heavy (non-hydrogen) atoms. The summed E-state index contributed by atoms with van der Waals surface area (Å²) in [6, 6.07) is 10.9. The summed E-state index contributed by atoms with van der Waals surface area (Å²) in [5.74, 6) is 0.882. The van der Waals surface area contributed by atoms with Crippen LogP contribution in [-0.4, -0.2) is 34.8 Å². The summed E-state index contributed by atoms with van der Waals surface area (Å²) < 4.78 is 7.43. The summed E-state index contributed by atoms with van der Waals surface area (Å²) in [7, 11) is 4.02. The zero-order chi connectivity index (χ0) is 19.0. The first kappa shape index (κ1) is 17.5. The molecule has 0 bridgehead atoms. The van der Waals surface area contributed by atoms with Gasteiger partial charge in [-0.2, -0.15) is 5.26 Å². The summed E-state index contributed by atoms with van der Waals surface area (Å²) in [6.07, 6.45) is 5.02. The van der Waals surface area contributed by atoms with E-state index in [9.17, 15) is 5.26 Å². The van der Waals surface area contributed by atoms with E-state index in [2.05, 4.69) is 52.1 Å². The normalized spacial score (nSPS) is 15.3. The van der Waals surface area contributed by atoms with Crippen molar-refractivity contribution >= 4 is 22.5 Å². The number of aromatic nitrogens is 3. The van der Waals surface area contributed by atoms with Crippen molar-refractivity contribution in [2.75, 3.05) is 25.2 Å². The Labute approximate surface area is 159 Å². The molecule has 0 aliphatic carbocycles. The van der Waals surface area contributed by atoms with Crippen LogP contribution in [0, 0.1) is 11.3 Å². The monoisotopic (exact) mass is 361 g/mol. The van der Waals surface area contributed by atoms with Gasteiger partial charge in [0.2, 0.25) is 0 Å². The molecule has 1 saturated heterocycles. The zero-order valence-electron chi connectivity index (χ0n) is 15.9. The first-order valence-electron chi connectivity index (χ1n) is 9.17. The molecule has 1 fully saturated rings. The topological polar surface area (TPSA) is 67.0 Å². The van der Waals surface area contributed by atoms with Crippen LogP contribution in [0.25, 0.3) is 11.0 Å². The highest BCUT2D eigenvalue weighted by Gasteiger charge is 2.40. The molecular weight excluding hydrogens is 338 g/mol. The van der Waals surface area contributed by atoms with Gasteiger partial charge in [-0.25, -0.2) is 9.97 Å². The van der Waals surface area contributed by atoms with E-state index in [1.165, 1.54) is 11.1 Å². The molecule has 1 aliphatic heterocycles. The van der Waals surface area contributed by atoms with Crippen molar-refractivity contribution in [3.63, 3.8) is 0 Å². The Bertz CT molecular complexity index is 1030. The summed E-state index contributed by atoms with van der Waals surface area (Å²) in [6.45, 7) is 3.40. The van der Waals surface area contributed by atoms with Gasteiger partial charge in [-0.15, -0.1) is 0 Å². The molecule has 3 heterocycles. The standard InChI is InChI=1S/C21H23N5O/c1-4-15-9-16(21(7-8-22)12-27-13-21)5-6-18(15)26(3)20-10-19-17(11-23-20)24-14-25(19)2/h5-6,9-11,14H,4,7,12-13H2,1-3H3. The van der Waals surface area contributed by atoms with Crippen molar-refractivity contribution in [3.05, 3.63) is 47.9 Å². The first-order valence-corrected chi connectivity index (χ1v) is 9.17. The zero-order valence-corrected chi connectivity index (χ0v) is 15.9. The Hall–Kier alpha value is -2.91. The highest BCUT2D eigenvalue weighted by atomic mass is 16.5. The molecule has 4 rings (SSSR count). The highest BCUT2D eigenvalue weighted by Crippen LogP contribution is 2.38. The Morgan fingerprint density at radius 3 is 2.78 bits per heavy atom. The number of hydrogen-bond acceptors (Lipinski definition) is 5. The molecule has 3 aromatic rings. The van der Waals surface area contributed by atoms with Crippen molar-refractivity contribution in [1.82, 2.24) is 14.5 Å². The van der Waals surface area contributed by atoms with E-state index >= 15 is 0 Å². The molecule has 0 spiro atoms. The lowest BCUT2D eigenvalue weighted by Gasteiger charge is -2.40. The number of aryl methyl sites for hydroxylation is 2. The highest BCUT2D eigenvalue weighted by molar-refractivity contribution is 5.79. The van der Waals surface area contributed by atoms with Crippen molar-refractivity contribution in [3.8, 4) is 6.07 Å². The second-order valence-corrected chi connectivity index (χ2v) is 7.25. The van der Waals surface area contributed by atoms with Crippen LogP contribution in [-0.2, 0) is 23.6 Å². The Morgan fingerprint density at radius 1 is 1.30 bits per heavy atom. The molecular formula is C21H23N5O. The Kier molecular flexibility index (Phi) is 4.33. The van der Waals surface area contributed by atoms with Crippen molar-refractivity contribution < 1.29 is 4.74 Å². The van der Waals surface area contributed by atoms with Gasteiger partial charge in [-0.05, 0) is 23.6 Å². The van der Waals surface area contributed by atoms with Gasteiger partial charge in [0.05, 0.1) is 42.7 Å². The quantitative estimate of drug-likeness (QED) is 0.696. The van der Waals surface area contributed by atoms with Crippen LogP contribution in [0.15, 0.2) is 36.8 Å². The summed E-state index contributed by atoms with van der Waals surface area (Å²) in [5, 5.41) is 9.21. The van der Waals surface area contributed by atoms with Crippen LogP contribution in [0.5, 0.6) is 0 Å². The maximum absolute atomic E-state index is 9.21. The fourth-order valence-electron chi connectivity index (χ4n) is 3.72. The Balaban J connectivity index is 1.72. The molecule has 6 nitrogen and oxygen atoms in total. The molecule has 0 amide bonds. The maximum atomic E-state index is 9.21. The van der Waals surface area contributed by atoms with Crippen LogP contribution in [0.3, 0.4) is 0 Å². The molecule has 0 saturated carbocycles. The second kappa shape index (κ2) is 6.67. The van der Waals surface area contributed by atoms with Gasteiger partial charge >= 0.3 is 0 Å². The second-order valence-electron chi connectivity index (χ2n) is 7.25. The molecule has 138 valence electrons. The van der Waals surface area contributed by atoms with E-state index in [-0.39, 0.29) is 5.41 Å². The first-order chi connectivity index (χ1) is 13.1. The van der Waals surface area contributed by atoms with Gasteiger partial charge in [0.15, 0.2) is 0 Å². The lowest BCUT2D eigenvalue weighted by molar-refractivity contribution is -0.0577. The fraction of sp³-hybridized carbons (Fsp3) is 0.381. The van der Waals surface area contributed by atoms with Gasteiger partial charge in [-0.1, -0.05) is 19.1 Å². The average molecular weight is 361 g/mol. The summed E-state index contributed by atoms with van der Waals surface area (Å²) in [4.78, 5) is 11.0. The van der Waals surface area contributed by atoms with Crippen LogP contribution in [0.2, 0.25) is 0 Å². The number of benzene rings is 1. The SMILES string of the molecule is CCc1cc(C2(CC#N)COC2)ccc1N(C)c1cc2c(cn1)ncn2C. The van der Waals surface area contributed by atoms with Gasteiger partial charge in [0.1, 0.15) is 11.3 Å². The van der Waals surface area contributed by atoms with E-state index < -0.39 is 0 Å². The summed E-state index contributed by atoms with van der Waals surface area (Å²) in [5.41, 5.74) is 5.36. The molecule has 1 aromatic carbocycles. The van der Waals surface area contributed by atoms with Gasteiger partial charge in [0.25, 0.3) is 0 Å². The minimum atomic E-state index is -0.151. The number of fused-ring (bicyclic) bond motifs is 1. The van der Waals surface area contributed by atoms with E-state index in [4.69, 9.17) is 4.74 Å². The minimum Gasteiger partial charge on any atom is -0.379 e. The third-order valence-corrected chi connectivity index (χ3v) is 5.55. The third-order valence-electron chi connectivity index (χ3n) is 5.55. The van der Waals surface area contributed by atoms with E-state index in [0.29, 0.717) is 19.6 Å². The lowest BCUT2D eigenvalue weighted by Crippen LogP contribution is -2.46. The van der Waals surface area contributed by atoms with Gasteiger partial charge < -0.3 is 14.2 Å². The molecule has 0 atom stereocenters. The number of pyridine rings is 1. The number of hydrogen-bond donors (Lipinski definition) is 0. The predicted octanol–water partition coefficient (Wildman–Crippen LogP) is 3.48. The Morgan fingerprint density at radius 2 is 2.11 bits per heavy atom. The molecule has 2 aromatic heterocycles. The smallest absolute Gasteiger partial charge is 0.134 e. The fourth-order valence-corrected chi connectivity index (χ4v) is 3.72. The van der Waals surface area contributed by atoms with Crippen molar-refractivity contribution in [2.24, 2.45) is 7.05 Å². The molecule has 0 N–H and O–H groups in total. The van der Waals surface area contributed by atoms with Crippen molar-refractivity contribution in [1.29, 1.82) is 5.26 Å². The average Bonchev–Trinajstić information content (AvgIpc) is 3.04. The molecule has 0 radical (unpaired) electrons. The summed E-state index contributed by atoms with van der Waals surface area (Å²) >= 11 is 0. The lowest BCUT2D eigenvalue weighted by atomic mass is 9.75. The number of nitriles is 1. The van der Waals surface area contributed by atoms with Gasteiger partial charge in [-0.3, -0.25) is 0 Å². The number of imidazole rings is 1. The van der Waals surface area contributed by atoms with Crippen LogP contribution in [0.1, 0.15) is 24.5 Å². The van der Waals surface area contributed by atoms with Crippen molar-refractivity contribution in [2.45, 2.75) is 25.2 Å². The maximum Gasteiger partial charge on any atom is 0.134 e. The van der Waals surface area contributed by atoms with Crippen LogP contribution in [0.4, 0.5) is 11.5 Å². The van der Waals surface area contributed by atoms with E-state index in [1.807, 2.05) is 24.9 Å². The number of anilines is 2. The molecule has 1 aliphatic rings. The van der Waals surface area contributed by atoms with E-state index in [0.717, 1.165) is 29.0 Å². The largest absolute Gasteiger partial charge is 0.379 e. The number of ether oxygens (including phenoxy) is 1. The molecule has 0 unspecified atom stereocenters. The van der Waals surface area contributed by atoms with E-state index in [1.54, 1.807) is 6.33 Å². The third kappa shape index (κ3) is 2.84. The predicted molar refractivity (Wildman–Crippen MR) is 105 cm³/mol. The molecule has 6 heteroatoms. The van der Waals surface area contributed by atoms with Crippen LogP contribution < -0.4 is 4.90 Å². The minimum absolute atomic E-state index is 0.151.